The van der Waals surface area contributed by atoms with Gasteiger partial charge in [-0.15, -0.1) is 0 Å². The first-order chi connectivity index (χ1) is 8.24. The molecule has 1 N–H and O–H groups in total. The van der Waals surface area contributed by atoms with Crippen LogP contribution in [0.5, 0.6) is 0 Å². The van der Waals surface area contributed by atoms with Gasteiger partial charge in [0.1, 0.15) is 0 Å². The van der Waals surface area contributed by atoms with E-state index in [1.54, 1.807) is 0 Å². The van der Waals surface area contributed by atoms with Gasteiger partial charge in [-0.05, 0) is 23.1 Å². The van der Waals surface area contributed by atoms with Crippen LogP contribution in [0, 0.1) is 0 Å². The molecule has 0 fully saturated rings. The second kappa shape index (κ2) is 5.01. The van der Waals surface area contributed by atoms with Gasteiger partial charge in [-0.3, -0.25) is 4.79 Å². The molecular weight excluding hydrogens is 218 g/mol. The maximum atomic E-state index is 11.1. The van der Waals surface area contributed by atoms with Crippen molar-refractivity contribution < 1.29 is 14.6 Å². The molecule has 90 valence electrons. The maximum Gasteiger partial charge on any atom is 0.307 e. The third-order valence-electron chi connectivity index (χ3n) is 2.81. The molecule has 0 spiro atoms. The minimum atomic E-state index is -0.217. The highest BCUT2D eigenvalue weighted by Gasteiger charge is 2.05. The number of esters is 1. The summed E-state index contributed by atoms with van der Waals surface area (Å²) < 4.78 is 6.60. The zero-order valence-corrected chi connectivity index (χ0v) is 9.72. The van der Waals surface area contributed by atoms with Crippen molar-refractivity contribution in [3.63, 3.8) is 0 Å². The van der Waals surface area contributed by atoms with E-state index in [4.69, 9.17) is 5.11 Å². The Bertz CT molecular complexity index is 530. The molecule has 0 bridgehead atoms. The Hall–Kier alpha value is -1.81. The van der Waals surface area contributed by atoms with Crippen molar-refractivity contribution in [2.24, 2.45) is 0 Å². The Morgan fingerprint density at radius 1 is 1.41 bits per heavy atom. The van der Waals surface area contributed by atoms with Crippen LogP contribution in [0.4, 0.5) is 0 Å². The monoisotopic (exact) mass is 233 g/mol. The van der Waals surface area contributed by atoms with Crippen LogP contribution in [-0.2, 0) is 22.7 Å². The van der Waals surface area contributed by atoms with Crippen molar-refractivity contribution in [1.82, 2.24) is 4.57 Å². The number of hydrogen-bond donors (Lipinski definition) is 1. The predicted octanol–water partition coefficient (Wildman–Crippen LogP) is 1.70. The Kier molecular flexibility index (Phi) is 3.44. The molecular formula is C13H15NO3. The van der Waals surface area contributed by atoms with E-state index < -0.39 is 0 Å². The van der Waals surface area contributed by atoms with Gasteiger partial charge in [-0.1, -0.05) is 12.1 Å². The van der Waals surface area contributed by atoms with Crippen molar-refractivity contribution in [3.8, 4) is 0 Å². The van der Waals surface area contributed by atoms with E-state index in [1.165, 1.54) is 7.11 Å². The number of aryl methyl sites for hydroxylation is 1. The lowest BCUT2D eigenvalue weighted by atomic mass is 10.2. The fourth-order valence-corrected chi connectivity index (χ4v) is 1.84. The summed E-state index contributed by atoms with van der Waals surface area (Å²) in [5.41, 5.74) is 1.90. The first-order valence-electron chi connectivity index (χ1n) is 5.50. The topological polar surface area (TPSA) is 51.5 Å². The van der Waals surface area contributed by atoms with Crippen LogP contribution in [0.25, 0.3) is 10.9 Å². The summed E-state index contributed by atoms with van der Waals surface area (Å²) >= 11 is 0. The lowest BCUT2D eigenvalue weighted by Crippen LogP contribution is -2.06. The summed E-state index contributed by atoms with van der Waals surface area (Å²) in [7, 11) is 1.39. The quantitative estimate of drug-likeness (QED) is 0.818. The second-order valence-electron chi connectivity index (χ2n) is 3.89. The zero-order valence-electron chi connectivity index (χ0n) is 9.72. The number of aromatic nitrogens is 1. The minimum Gasteiger partial charge on any atom is -0.469 e. The van der Waals surface area contributed by atoms with Crippen molar-refractivity contribution in [3.05, 3.63) is 36.0 Å². The van der Waals surface area contributed by atoms with E-state index >= 15 is 0 Å². The van der Waals surface area contributed by atoms with Crippen molar-refractivity contribution >= 4 is 16.9 Å². The molecule has 2 aromatic rings. The fraction of sp³-hybridized carbons (Fsp3) is 0.308. The first-order valence-corrected chi connectivity index (χ1v) is 5.50. The lowest BCUT2D eigenvalue weighted by Gasteiger charge is -2.05. The summed E-state index contributed by atoms with van der Waals surface area (Å²) in [6.45, 7) is 0.614. The maximum absolute atomic E-state index is 11.1. The molecule has 0 unspecified atom stereocenters. The Morgan fingerprint density at radius 2 is 2.24 bits per heavy atom. The van der Waals surface area contributed by atoms with Crippen LogP contribution < -0.4 is 0 Å². The summed E-state index contributed by atoms with van der Waals surface area (Å²) in [6, 6.07) is 7.79. The number of benzene rings is 1. The number of rotatable bonds is 4. The predicted molar refractivity (Wildman–Crippen MR) is 64.5 cm³/mol. The molecule has 0 radical (unpaired) electrons. The number of ether oxygens (including phenoxy) is 1. The molecule has 0 saturated heterocycles. The number of hydrogen-bond acceptors (Lipinski definition) is 3. The molecule has 0 aliphatic heterocycles. The Morgan fingerprint density at radius 3 is 2.94 bits per heavy atom. The number of nitrogens with zero attached hydrogens (tertiary/aromatic N) is 1. The van der Waals surface area contributed by atoms with Gasteiger partial charge in [0.25, 0.3) is 0 Å². The molecule has 0 saturated carbocycles. The van der Waals surface area contributed by atoms with Crippen LogP contribution in [0.1, 0.15) is 12.0 Å². The van der Waals surface area contributed by atoms with Crippen molar-refractivity contribution in [2.75, 3.05) is 7.11 Å². The largest absolute Gasteiger partial charge is 0.469 e. The Labute approximate surface area is 99.4 Å². The van der Waals surface area contributed by atoms with E-state index in [0.717, 1.165) is 16.5 Å². The van der Waals surface area contributed by atoms with E-state index in [0.29, 0.717) is 13.0 Å². The van der Waals surface area contributed by atoms with Crippen molar-refractivity contribution in [1.29, 1.82) is 0 Å². The molecule has 1 heterocycles. The van der Waals surface area contributed by atoms with Crippen LogP contribution in [0.3, 0.4) is 0 Å². The normalized spacial score (nSPS) is 10.7. The summed E-state index contributed by atoms with van der Waals surface area (Å²) in [5.74, 6) is -0.217. The molecule has 0 aliphatic carbocycles. The van der Waals surface area contributed by atoms with Crippen LogP contribution in [0.15, 0.2) is 30.5 Å². The van der Waals surface area contributed by atoms with Gasteiger partial charge in [0.2, 0.25) is 0 Å². The van der Waals surface area contributed by atoms with E-state index in [2.05, 4.69) is 4.74 Å². The SMILES string of the molecule is COC(=O)CCn1ccc2ccc(CO)cc21. The highest BCUT2D eigenvalue weighted by molar-refractivity contribution is 5.81. The van der Waals surface area contributed by atoms with Crippen LogP contribution in [0.2, 0.25) is 0 Å². The molecule has 4 nitrogen and oxygen atoms in total. The molecule has 1 aromatic carbocycles. The standard InChI is InChI=1S/C13H15NO3/c1-17-13(16)5-7-14-6-4-11-3-2-10(9-15)8-12(11)14/h2-4,6,8,15H,5,7,9H2,1H3. The number of carbonyl (C=O) groups is 1. The highest BCUT2D eigenvalue weighted by Crippen LogP contribution is 2.18. The Balaban J connectivity index is 2.25. The van der Waals surface area contributed by atoms with Gasteiger partial charge in [-0.2, -0.15) is 0 Å². The molecule has 0 amide bonds. The number of methoxy groups -OCH3 is 1. The number of aliphatic hydroxyl groups is 1. The average Bonchev–Trinajstić information content (AvgIpc) is 2.78. The summed E-state index contributed by atoms with van der Waals surface area (Å²) in [5, 5.41) is 10.2. The molecule has 17 heavy (non-hydrogen) atoms. The molecule has 0 atom stereocenters. The van der Waals surface area contributed by atoms with Gasteiger partial charge >= 0.3 is 5.97 Å². The smallest absolute Gasteiger partial charge is 0.307 e. The fourth-order valence-electron chi connectivity index (χ4n) is 1.84. The first kappa shape index (κ1) is 11.7. The van der Waals surface area contributed by atoms with E-state index in [-0.39, 0.29) is 12.6 Å². The number of fused-ring (bicyclic) bond motifs is 1. The second-order valence-corrected chi connectivity index (χ2v) is 3.89. The van der Waals surface area contributed by atoms with Gasteiger partial charge in [0.15, 0.2) is 0 Å². The number of carbonyl (C=O) groups excluding carboxylic acids is 1. The van der Waals surface area contributed by atoms with Gasteiger partial charge < -0.3 is 14.4 Å². The van der Waals surface area contributed by atoms with Gasteiger partial charge in [0, 0.05) is 18.3 Å². The highest BCUT2D eigenvalue weighted by atomic mass is 16.5. The van der Waals surface area contributed by atoms with E-state index in [9.17, 15) is 4.79 Å². The lowest BCUT2D eigenvalue weighted by molar-refractivity contribution is -0.140. The van der Waals surface area contributed by atoms with Crippen LogP contribution in [-0.4, -0.2) is 22.8 Å². The molecule has 0 aliphatic rings. The summed E-state index contributed by atoms with van der Waals surface area (Å²) in [6.07, 6.45) is 2.29. The third kappa shape index (κ3) is 2.47. The zero-order chi connectivity index (χ0) is 12.3. The molecule has 1 aromatic heterocycles. The molecule has 4 heteroatoms. The van der Waals surface area contributed by atoms with Gasteiger partial charge in [-0.25, -0.2) is 0 Å². The van der Waals surface area contributed by atoms with Gasteiger partial charge in [0.05, 0.1) is 20.1 Å². The van der Waals surface area contributed by atoms with Crippen molar-refractivity contribution in [2.45, 2.75) is 19.6 Å². The average molecular weight is 233 g/mol. The van der Waals surface area contributed by atoms with Crippen LogP contribution >= 0.6 is 0 Å². The number of aliphatic hydroxyl groups excluding tert-OH is 1. The minimum absolute atomic E-state index is 0.0259. The molecule has 2 rings (SSSR count). The third-order valence-corrected chi connectivity index (χ3v) is 2.81. The van der Waals surface area contributed by atoms with E-state index in [1.807, 2.05) is 35.0 Å². The summed E-state index contributed by atoms with van der Waals surface area (Å²) in [4.78, 5) is 11.1.